The van der Waals surface area contributed by atoms with E-state index in [0.717, 1.165) is 38.2 Å². The third-order valence-corrected chi connectivity index (χ3v) is 4.72. The van der Waals surface area contributed by atoms with Gasteiger partial charge in [0, 0.05) is 26.1 Å². The second-order valence-electron chi connectivity index (χ2n) is 6.40. The molecular formula is C18H28N2O2. The summed E-state index contributed by atoms with van der Waals surface area (Å²) in [6, 6.07) is 2.42. The van der Waals surface area contributed by atoms with Crippen LogP contribution in [0.3, 0.4) is 0 Å². The van der Waals surface area contributed by atoms with Crippen molar-refractivity contribution in [3.8, 4) is 5.75 Å². The largest absolute Gasteiger partial charge is 0.496 e. The lowest BCUT2D eigenvalue weighted by molar-refractivity contribution is -0.120. The van der Waals surface area contributed by atoms with Gasteiger partial charge in [0.15, 0.2) is 0 Å². The molecule has 1 fully saturated rings. The highest BCUT2D eigenvalue weighted by atomic mass is 16.5. The maximum atomic E-state index is 11.3. The molecule has 0 unspecified atom stereocenters. The Hall–Kier alpha value is -1.55. The zero-order valence-electron chi connectivity index (χ0n) is 14.5. The predicted octanol–water partition coefficient (Wildman–Crippen LogP) is 2.72. The molecule has 4 heteroatoms. The number of benzene rings is 1. The number of piperidine rings is 1. The fraction of sp³-hybridized carbons (Fsp3) is 0.611. The summed E-state index contributed by atoms with van der Waals surface area (Å²) in [5.41, 5.74) is 5.21. The molecule has 0 spiro atoms. The Balaban J connectivity index is 2.13. The number of likely N-dealkylation sites (tertiary alicyclic amines) is 1. The number of nitrogens with zero attached hydrogens (tertiary/aromatic N) is 1. The van der Waals surface area contributed by atoms with Crippen LogP contribution in [-0.4, -0.2) is 37.0 Å². The smallest absolute Gasteiger partial charge is 0.217 e. The average Bonchev–Trinajstić information content (AvgIpc) is 2.47. The van der Waals surface area contributed by atoms with Gasteiger partial charge in [-0.15, -0.1) is 0 Å². The molecular weight excluding hydrogens is 276 g/mol. The lowest BCUT2D eigenvalue weighted by Crippen LogP contribution is -2.46. The van der Waals surface area contributed by atoms with E-state index in [2.05, 4.69) is 37.1 Å². The molecule has 0 saturated carbocycles. The summed E-state index contributed by atoms with van der Waals surface area (Å²) in [4.78, 5) is 13.7. The average molecular weight is 304 g/mol. The first-order chi connectivity index (χ1) is 10.4. The minimum Gasteiger partial charge on any atom is -0.496 e. The van der Waals surface area contributed by atoms with Gasteiger partial charge in [-0.1, -0.05) is 0 Å². The van der Waals surface area contributed by atoms with Crippen LogP contribution in [0, 0.1) is 20.8 Å². The highest BCUT2D eigenvalue weighted by Crippen LogP contribution is 2.29. The number of methoxy groups -OCH3 is 1. The first kappa shape index (κ1) is 16.8. The van der Waals surface area contributed by atoms with Gasteiger partial charge in [-0.25, -0.2) is 0 Å². The Morgan fingerprint density at radius 2 is 2.09 bits per heavy atom. The Morgan fingerprint density at radius 3 is 2.73 bits per heavy atom. The Bertz CT molecular complexity index is 555. The molecule has 1 aliphatic rings. The second kappa shape index (κ2) is 7.14. The molecule has 0 radical (unpaired) electrons. The van der Waals surface area contributed by atoms with E-state index < -0.39 is 0 Å². The van der Waals surface area contributed by atoms with Crippen molar-refractivity contribution >= 4 is 5.91 Å². The van der Waals surface area contributed by atoms with Crippen molar-refractivity contribution in [3.63, 3.8) is 0 Å². The Morgan fingerprint density at radius 1 is 1.36 bits per heavy atom. The topological polar surface area (TPSA) is 41.6 Å². The Kier molecular flexibility index (Phi) is 5.46. The first-order valence-electron chi connectivity index (χ1n) is 8.05. The summed E-state index contributed by atoms with van der Waals surface area (Å²) in [7, 11) is 1.73. The van der Waals surface area contributed by atoms with Crippen LogP contribution in [0.5, 0.6) is 5.75 Å². The number of aryl methyl sites for hydroxylation is 1. The van der Waals surface area contributed by atoms with Gasteiger partial charge < -0.3 is 10.1 Å². The highest BCUT2D eigenvalue weighted by molar-refractivity contribution is 5.73. The van der Waals surface area contributed by atoms with Crippen LogP contribution in [0.4, 0.5) is 0 Å². The molecule has 1 heterocycles. The Labute approximate surface area is 133 Å². The molecule has 1 aromatic rings. The molecule has 1 N–H and O–H groups in total. The molecule has 2 rings (SSSR count). The number of rotatable bonds is 4. The lowest BCUT2D eigenvalue weighted by Gasteiger charge is -2.34. The van der Waals surface area contributed by atoms with Crippen molar-refractivity contribution in [2.24, 2.45) is 0 Å². The molecule has 122 valence electrons. The van der Waals surface area contributed by atoms with Crippen LogP contribution >= 0.6 is 0 Å². The van der Waals surface area contributed by atoms with E-state index in [1.54, 1.807) is 14.0 Å². The van der Waals surface area contributed by atoms with Crippen LogP contribution in [0.25, 0.3) is 0 Å². The van der Waals surface area contributed by atoms with E-state index in [4.69, 9.17) is 4.74 Å². The third-order valence-electron chi connectivity index (χ3n) is 4.72. The summed E-state index contributed by atoms with van der Waals surface area (Å²) in [6.07, 6.45) is 2.22. The van der Waals surface area contributed by atoms with Crippen LogP contribution < -0.4 is 10.1 Å². The van der Waals surface area contributed by atoms with E-state index in [1.807, 2.05) is 0 Å². The molecule has 1 aliphatic heterocycles. The van der Waals surface area contributed by atoms with Gasteiger partial charge in [-0.3, -0.25) is 9.69 Å². The second-order valence-corrected chi connectivity index (χ2v) is 6.40. The molecule has 0 aromatic heterocycles. The number of amides is 1. The summed E-state index contributed by atoms with van der Waals surface area (Å²) < 4.78 is 5.45. The van der Waals surface area contributed by atoms with Crippen molar-refractivity contribution in [1.82, 2.24) is 10.2 Å². The maximum Gasteiger partial charge on any atom is 0.217 e. The van der Waals surface area contributed by atoms with Crippen LogP contribution in [-0.2, 0) is 11.3 Å². The van der Waals surface area contributed by atoms with E-state index >= 15 is 0 Å². The standard InChI is InChI=1S/C18H28N2O2/c1-12-9-18(22-5)14(3)13(2)17(12)11-20-8-6-7-16(10-20)19-15(4)21/h9,16H,6-8,10-11H2,1-5H3,(H,19,21)/t16-/m1/s1. The molecule has 0 bridgehead atoms. The number of ether oxygens (including phenoxy) is 1. The van der Waals surface area contributed by atoms with Crippen LogP contribution in [0.2, 0.25) is 0 Å². The number of hydrogen-bond donors (Lipinski definition) is 1. The quantitative estimate of drug-likeness (QED) is 0.930. The van der Waals surface area contributed by atoms with Gasteiger partial charge in [0.05, 0.1) is 7.11 Å². The van der Waals surface area contributed by atoms with Gasteiger partial charge in [-0.2, -0.15) is 0 Å². The monoisotopic (exact) mass is 304 g/mol. The van der Waals surface area contributed by atoms with Crippen LogP contribution in [0.1, 0.15) is 42.0 Å². The molecule has 0 aliphatic carbocycles. The van der Waals surface area contributed by atoms with Crippen molar-refractivity contribution in [2.45, 2.75) is 53.1 Å². The first-order valence-corrected chi connectivity index (χ1v) is 8.05. The van der Waals surface area contributed by atoms with Gasteiger partial charge in [0.25, 0.3) is 0 Å². The van der Waals surface area contributed by atoms with E-state index in [1.165, 1.54) is 22.3 Å². The normalized spacial score (nSPS) is 19.0. The third kappa shape index (κ3) is 3.80. The molecule has 1 saturated heterocycles. The van der Waals surface area contributed by atoms with Gasteiger partial charge in [0.2, 0.25) is 5.91 Å². The summed E-state index contributed by atoms with van der Waals surface area (Å²) in [6.45, 7) is 11.0. The van der Waals surface area contributed by atoms with Crippen LogP contribution in [0.15, 0.2) is 6.07 Å². The summed E-state index contributed by atoms with van der Waals surface area (Å²) in [5.74, 6) is 1.04. The predicted molar refractivity (Wildman–Crippen MR) is 89.3 cm³/mol. The van der Waals surface area contributed by atoms with Gasteiger partial charge in [0.1, 0.15) is 5.75 Å². The van der Waals surface area contributed by atoms with E-state index in [-0.39, 0.29) is 11.9 Å². The molecule has 1 aromatic carbocycles. The summed E-state index contributed by atoms with van der Waals surface area (Å²) >= 11 is 0. The van der Waals surface area contributed by atoms with Gasteiger partial charge in [-0.05, 0) is 68.5 Å². The SMILES string of the molecule is COc1cc(C)c(CN2CCC[C@@H](NC(C)=O)C2)c(C)c1C. The molecule has 22 heavy (non-hydrogen) atoms. The van der Waals surface area contributed by atoms with Crippen molar-refractivity contribution < 1.29 is 9.53 Å². The highest BCUT2D eigenvalue weighted by Gasteiger charge is 2.22. The zero-order valence-corrected chi connectivity index (χ0v) is 14.5. The number of nitrogens with one attached hydrogen (secondary N) is 1. The van der Waals surface area contributed by atoms with E-state index in [0.29, 0.717) is 0 Å². The molecule has 1 atom stereocenters. The minimum atomic E-state index is 0.0690. The lowest BCUT2D eigenvalue weighted by atomic mass is 9.96. The zero-order chi connectivity index (χ0) is 16.3. The van der Waals surface area contributed by atoms with Crippen molar-refractivity contribution in [1.29, 1.82) is 0 Å². The minimum absolute atomic E-state index is 0.0690. The number of hydrogen-bond acceptors (Lipinski definition) is 3. The fourth-order valence-electron chi connectivity index (χ4n) is 3.38. The summed E-state index contributed by atoms with van der Waals surface area (Å²) in [5, 5.41) is 3.06. The molecule has 1 amide bonds. The van der Waals surface area contributed by atoms with Gasteiger partial charge >= 0.3 is 0 Å². The number of carbonyl (C=O) groups is 1. The fourth-order valence-corrected chi connectivity index (χ4v) is 3.38. The maximum absolute atomic E-state index is 11.3. The van der Waals surface area contributed by atoms with Crippen molar-refractivity contribution in [2.75, 3.05) is 20.2 Å². The molecule has 4 nitrogen and oxygen atoms in total. The number of carbonyl (C=O) groups excluding carboxylic acids is 1. The van der Waals surface area contributed by atoms with Crippen molar-refractivity contribution in [3.05, 3.63) is 28.3 Å². The van der Waals surface area contributed by atoms with E-state index in [9.17, 15) is 4.79 Å².